The van der Waals surface area contributed by atoms with E-state index in [1.807, 2.05) is 91.0 Å². The molecule has 1 N–H and O–H groups in total. The molecule has 6 rings (SSSR count). The first-order chi connectivity index (χ1) is 17.6. The Morgan fingerprint density at radius 2 is 1.49 bits per heavy atom. The van der Waals surface area contributed by atoms with E-state index in [9.17, 15) is 9.90 Å². The molecule has 0 saturated carbocycles. The van der Waals surface area contributed by atoms with Gasteiger partial charge in [-0.15, -0.1) is 0 Å². The predicted molar refractivity (Wildman–Crippen MR) is 139 cm³/mol. The SMILES string of the molecule is O=C(O[C@H]1C[N+]2(CCCOc3ccccc3)CCC1CC2)C(O)(Cc1ccccc1)c1ccccc1.[Br-]. The lowest BCUT2D eigenvalue weighted by Gasteiger charge is -2.52. The Bertz CT molecular complexity index is 1120. The molecule has 0 amide bonds. The molecule has 2 atom stereocenters. The number of rotatable bonds is 10. The maximum absolute atomic E-state index is 13.6. The maximum Gasteiger partial charge on any atom is 0.343 e. The molecule has 0 aliphatic carbocycles. The van der Waals surface area contributed by atoms with Crippen LogP contribution in [0.25, 0.3) is 0 Å². The number of aliphatic hydroxyl groups is 1. The van der Waals surface area contributed by atoms with Gasteiger partial charge in [0.25, 0.3) is 0 Å². The van der Waals surface area contributed by atoms with Gasteiger partial charge in [-0.3, -0.25) is 0 Å². The zero-order valence-corrected chi connectivity index (χ0v) is 22.8. The molecule has 0 aromatic heterocycles. The van der Waals surface area contributed by atoms with Crippen LogP contribution in [-0.4, -0.2) is 54.4 Å². The van der Waals surface area contributed by atoms with Gasteiger partial charge in [0, 0.05) is 31.6 Å². The van der Waals surface area contributed by atoms with Crippen molar-refractivity contribution in [3.05, 3.63) is 102 Å². The number of hydrogen-bond donors (Lipinski definition) is 1. The van der Waals surface area contributed by atoms with Gasteiger partial charge in [-0.25, -0.2) is 4.79 Å². The minimum Gasteiger partial charge on any atom is -1.00 e. The Balaban J connectivity index is 0.00000320. The summed E-state index contributed by atoms with van der Waals surface area (Å²) in [5.41, 5.74) is -0.248. The van der Waals surface area contributed by atoms with E-state index in [4.69, 9.17) is 9.47 Å². The van der Waals surface area contributed by atoms with Crippen LogP contribution in [0.15, 0.2) is 91.0 Å². The number of halogens is 1. The van der Waals surface area contributed by atoms with Gasteiger partial charge in [-0.1, -0.05) is 78.9 Å². The number of nitrogens with zero attached hydrogens (tertiary/aromatic N) is 1. The van der Waals surface area contributed by atoms with E-state index < -0.39 is 11.6 Å². The second-order valence-corrected chi connectivity index (χ2v) is 10.4. The molecule has 3 fully saturated rings. The zero-order chi connectivity index (χ0) is 24.8. The highest BCUT2D eigenvalue weighted by Gasteiger charge is 2.49. The van der Waals surface area contributed by atoms with Crippen molar-refractivity contribution in [1.82, 2.24) is 0 Å². The van der Waals surface area contributed by atoms with E-state index in [1.165, 1.54) is 0 Å². The Morgan fingerprint density at radius 3 is 2.14 bits per heavy atom. The van der Waals surface area contributed by atoms with Gasteiger partial charge in [0.1, 0.15) is 12.3 Å². The average molecular weight is 567 g/mol. The summed E-state index contributed by atoms with van der Waals surface area (Å²) in [6, 6.07) is 28.8. The quantitative estimate of drug-likeness (QED) is 0.231. The van der Waals surface area contributed by atoms with Crippen molar-refractivity contribution in [1.29, 1.82) is 0 Å². The second kappa shape index (κ2) is 12.2. The summed E-state index contributed by atoms with van der Waals surface area (Å²) in [6.45, 7) is 4.76. The number of benzene rings is 3. The third-order valence-corrected chi connectivity index (χ3v) is 7.98. The zero-order valence-electron chi connectivity index (χ0n) is 21.2. The van der Waals surface area contributed by atoms with Gasteiger partial charge in [-0.2, -0.15) is 0 Å². The van der Waals surface area contributed by atoms with Crippen LogP contribution in [0.1, 0.15) is 30.4 Å². The molecule has 5 nitrogen and oxygen atoms in total. The molecule has 3 aromatic carbocycles. The Morgan fingerprint density at radius 1 is 0.892 bits per heavy atom. The van der Waals surface area contributed by atoms with Gasteiger partial charge in [0.05, 0.1) is 26.2 Å². The van der Waals surface area contributed by atoms with Gasteiger partial charge in [-0.05, 0) is 23.3 Å². The van der Waals surface area contributed by atoms with Crippen LogP contribution < -0.4 is 21.7 Å². The first-order valence-electron chi connectivity index (χ1n) is 13.1. The fourth-order valence-corrected chi connectivity index (χ4v) is 5.91. The van der Waals surface area contributed by atoms with Crippen molar-refractivity contribution in [2.45, 2.75) is 37.4 Å². The summed E-state index contributed by atoms with van der Waals surface area (Å²) in [5, 5.41) is 11.8. The van der Waals surface area contributed by atoms with Gasteiger partial charge in [0.2, 0.25) is 0 Å². The predicted octanol–water partition coefficient (Wildman–Crippen LogP) is 1.74. The molecule has 1 unspecified atom stereocenters. The molecular formula is C31H36BrNO4. The Kier molecular flexibility index (Phi) is 9.06. The number of ether oxygens (including phenoxy) is 2. The van der Waals surface area contributed by atoms with Gasteiger partial charge in [0.15, 0.2) is 11.7 Å². The third-order valence-electron chi connectivity index (χ3n) is 7.98. The summed E-state index contributed by atoms with van der Waals surface area (Å²) in [5.74, 6) is 0.730. The van der Waals surface area contributed by atoms with Crippen LogP contribution in [0.3, 0.4) is 0 Å². The van der Waals surface area contributed by atoms with Crippen LogP contribution >= 0.6 is 0 Å². The fourth-order valence-electron chi connectivity index (χ4n) is 5.91. The highest BCUT2D eigenvalue weighted by molar-refractivity contribution is 5.81. The van der Waals surface area contributed by atoms with E-state index in [-0.39, 0.29) is 29.5 Å². The minimum absolute atomic E-state index is 0. The van der Waals surface area contributed by atoms with E-state index in [0.29, 0.717) is 18.1 Å². The van der Waals surface area contributed by atoms with Crippen LogP contribution in [0.5, 0.6) is 5.75 Å². The highest BCUT2D eigenvalue weighted by atomic mass is 79.9. The monoisotopic (exact) mass is 565 g/mol. The van der Waals surface area contributed by atoms with E-state index >= 15 is 0 Å². The van der Waals surface area contributed by atoms with E-state index in [1.54, 1.807) is 0 Å². The normalized spacial score (nSPS) is 23.9. The second-order valence-electron chi connectivity index (χ2n) is 10.4. The molecule has 0 radical (unpaired) electrons. The van der Waals surface area contributed by atoms with Crippen molar-refractivity contribution >= 4 is 5.97 Å². The number of carbonyl (C=O) groups excluding carboxylic acids is 1. The molecule has 2 bridgehead atoms. The van der Waals surface area contributed by atoms with Crippen molar-refractivity contribution in [3.8, 4) is 5.75 Å². The first kappa shape index (κ1) is 27.4. The maximum atomic E-state index is 13.6. The number of para-hydroxylation sites is 1. The van der Waals surface area contributed by atoms with Crippen LogP contribution in [0.4, 0.5) is 0 Å². The molecule has 3 aromatic rings. The molecular weight excluding hydrogens is 530 g/mol. The summed E-state index contributed by atoms with van der Waals surface area (Å²) in [7, 11) is 0. The lowest BCUT2D eigenvalue weighted by molar-refractivity contribution is -0.946. The number of piperidine rings is 3. The molecule has 3 aliphatic rings. The molecule has 3 heterocycles. The van der Waals surface area contributed by atoms with E-state index in [2.05, 4.69) is 0 Å². The number of carbonyl (C=O) groups is 1. The van der Waals surface area contributed by atoms with Crippen LogP contribution in [0, 0.1) is 5.92 Å². The Labute approximate surface area is 230 Å². The standard InChI is InChI=1S/C31H36NO4.BrH/c33-30(31(34,27-13-6-2-7-14-27)23-25-11-4-1-5-12-25)36-29-24-32(20-17-26(29)18-21-32)19-10-22-35-28-15-8-3-9-16-28;/h1-9,11-16,26,29,34H,10,17-24H2;1H/q+1;/p-1/t26?,29-,31?,32?;/m0./s1. The first-order valence-corrected chi connectivity index (χ1v) is 13.1. The molecule has 6 heteroatoms. The van der Waals surface area contributed by atoms with Gasteiger partial charge >= 0.3 is 5.97 Å². The number of hydrogen-bond acceptors (Lipinski definition) is 4. The topological polar surface area (TPSA) is 55.8 Å². The molecule has 0 spiro atoms. The largest absolute Gasteiger partial charge is 1.00 e. The number of quaternary nitrogens is 1. The van der Waals surface area contributed by atoms with E-state index in [0.717, 1.165) is 61.2 Å². The van der Waals surface area contributed by atoms with Crippen LogP contribution in [-0.2, 0) is 21.6 Å². The third kappa shape index (κ3) is 6.43. The molecule has 37 heavy (non-hydrogen) atoms. The smallest absolute Gasteiger partial charge is 0.343 e. The average Bonchev–Trinajstić information content (AvgIpc) is 2.93. The van der Waals surface area contributed by atoms with Crippen molar-refractivity contribution in [3.63, 3.8) is 0 Å². The minimum atomic E-state index is -1.72. The lowest BCUT2D eigenvalue weighted by atomic mass is 9.82. The molecule has 3 aliphatic heterocycles. The van der Waals surface area contributed by atoms with Crippen molar-refractivity contribution in [2.24, 2.45) is 5.92 Å². The number of fused-ring (bicyclic) bond motifs is 3. The van der Waals surface area contributed by atoms with Crippen LogP contribution in [0.2, 0.25) is 0 Å². The molecule has 196 valence electrons. The number of esters is 1. The summed E-state index contributed by atoms with van der Waals surface area (Å²) >= 11 is 0. The van der Waals surface area contributed by atoms with Crippen molar-refractivity contribution < 1.29 is 40.8 Å². The summed E-state index contributed by atoms with van der Waals surface area (Å²) in [4.78, 5) is 13.6. The Hall–Kier alpha value is -2.67. The highest BCUT2D eigenvalue weighted by Crippen LogP contribution is 2.37. The van der Waals surface area contributed by atoms with Crippen molar-refractivity contribution in [2.75, 3.05) is 32.8 Å². The fraction of sp³-hybridized carbons (Fsp3) is 0.387. The van der Waals surface area contributed by atoms with Gasteiger partial charge < -0.3 is 36.0 Å². The summed E-state index contributed by atoms with van der Waals surface area (Å²) in [6.07, 6.45) is 3.09. The summed E-state index contributed by atoms with van der Waals surface area (Å²) < 4.78 is 13.1. The molecule has 3 saturated heterocycles. The lowest BCUT2D eigenvalue weighted by Crippen LogP contribution is -3.00.